The smallest absolute Gasteiger partial charge is 0.0648 e. The van der Waals surface area contributed by atoms with Gasteiger partial charge in [-0.1, -0.05) is 30.3 Å². The summed E-state index contributed by atoms with van der Waals surface area (Å²) < 4.78 is 0. The van der Waals surface area contributed by atoms with Crippen molar-refractivity contribution in [3.63, 3.8) is 0 Å². The number of pyridine rings is 1. The molecule has 122 valence electrons. The van der Waals surface area contributed by atoms with Crippen molar-refractivity contribution in [3.05, 3.63) is 66.0 Å². The van der Waals surface area contributed by atoms with Gasteiger partial charge in [-0.15, -0.1) is 0 Å². The summed E-state index contributed by atoms with van der Waals surface area (Å²) in [5.41, 5.74) is 2.24. The Morgan fingerprint density at radius 1 is 1.09 bits per heavy atom. The van der Waals surface area contributed by atoms with Crippen LogP contribution in [0.3, 0.4) is 0 Å². The number of benzene rings is 1. The van der Waals surface area contributed by atoms with Gasteiger partial charge >= 0.3 is 0 Å². The van der Waals surface area contributed by atoms with Gasteiger partial charge in [0.25, 0.3) is 0 Å². The molecule has 0 spiro atoms. The highest BCUT2D eigenvalue weighted by molar-refractivity contribution is 5.22. The Hall–Kier alpha value is -1.71. The van der Waals surface area contributed by atoms with E-state index in [1.165, 1.54) is 17.5 Å². The van der Waals surface area contributed by atoms with Crippen LogP contribution in [0.5, 0.6) is 0 Å². The van der Waals surface area contributed by atoms with E-state index < -0.39 is 0 Å². The molecule has 3 rings (SSSR count). The molecule has 3 heteroatoms. The molecule has 1 heterocycles. The summed E-state index contributed by atoms with van der Waals surface area (Å²) in [5, 5.41) is 13.9. The number of hydrogen-bond acceptors (Lipinski definition) is 3. The molecule has 1 atom stereocenters. The van der Waals surface area contributed by atoms with E-state index in [1.807, 2.05) is 12.4 Å². The van der Waals surface area contributed by atoms with Crippen molar-refractivity contribution in [1.82, 2.24) is 10.3 Å². The molecule has 2 aromatic rings. The van der Waals surface area contributed by atoms with E-state index in [0.29, 0.717) is 6.04 Å². The maximum absolute atomic E-state index is 10.2. The van der Waals surface area contributed by atoms with Crippen molar-refractivity contribution >= 4 is 0 Å². The summed E-state index contributed by atoms with van der Waals surface area (Å²) >= 11 is 0. The fourth-order valence-corrected chi connectivity index (χ4v) is 3.28. The van der Waals surface area contributed by atoms with Crippen LogP contribution in [0.1, 0.15) is 49.3 Å². The lowest BCUT2D eigenvalue weighted by molar-refractivity contribution is -0.0415. The molecule has 0 amide bonds. The third-order valence-corrected chi connectivity index (χ3v) is 4.89. The standard InChI is InChI=1S/C20H26N2O/c23-20(10-4-11-20)12-5-13-22-19(18-6-2-1-3-7-18)16-17-8-14-21-15-9-17/h1-3,6-9,14-15,19,22-23H,4-5,10-13,16H2. The van der Waals surface area contributed by atoms with E-state index in [-0.39, 0.29) is 5.60 Å². The van der Waals surface area contributed by atoms with E-state index in [1.54, 1.807) is 0 Å². The maximum atomic E-state index is 10.2. The lowest BCUT2D eigenvalue weighted by atomic mass is 9.77. The van der Waals surface area contributed by atoms with Crippen LogP contribution in [-0.2, 0) is 6.42 Å². The minimum atomic E-state index is -0.366. The number of nitrogens with zero attached hydrogens (tertiary/aromatic N) is 1. The van der Waals surface area contributed by atoms with Crippen molar-refractivity contribution in [2.75, 3.05) is 6.54 Å². The molecule has 0 aliphatic heterocycles. The minimum absolute atomic E-state index is 0.301. The molecular formula is C20H26N2O. The van der Waals surface area contributed by atoms with Gasteiger partial charge in [-0.3, -0.25) is 4.98 Å². The second-order valence-corrected chi connectivity index (χ2v) is 6.66. The molecule has 1 unspecified atom stereocenters. The fraction of sp³-hybridized carbons (Fsp3) is 0.450. The van der Waals surface area contributed by atoms with E-state index in [4.69, 9.17) is 0 Å². The van der Waals surface area contributed by atoms with Crippen LogP contribution in [0.25, 0.3) is 0 Å². The van der Waals surface area contributed by atoms with Crippen LogP contribution in [0.2, 0.25) is 0 Å². The summed E-state index contributed by atoms with van der Waals surface area (Å²) in [6.07, 6.45) is 9.73. The van der Waals surface area contributed by atoms with Crippen molar-refractivity contribution < 1.29 is 5.11 Å². The summed E-state index contributed by atoms with van der Waals surface area (Å²) in [5.74, 6) is 0. The average molecular weight is 310 g/mol. The van der Waals surface area contributed by atoms with E-state index in [9.17, 15) is 5.11 Å². The Kier molecular flexibility index (Phi) is 5.42. The van der Waals surface area contributed by atoms with Crippen molar-refractivity contribution in [3.8, 4) is 0 Å². The Balaban J connectivity index is 1.56. The Morgan fingerprint density at radius 3 is 2.48 bits per heavy atom. The highest BCUT2D eigenvalue weighted by Crippen LogP contribution is 2.35. The maximum Gasteiger partial charge on any atom is 0.0648 e. The van der Waals surface area contributed by atoms with E-state index in [2.05, 4.69) is 52.8 Å². The molecule has 2 N–H and O–H groups in total. The third-order valence-electron chi connectivity index (χ3n) is 4.89. The van der Waals surface area contributed by atoms with Gasteiger partial charge in [0.2, 0.25) is 0 Å². The molecule has 0 bridgehead atoms. The summed E-state index contributed by atoms with van der Waals surface area (Å²) in [4.78, 5) is 4.10. The van der Waals surface area contributed by atoms with Crippen molar-refractivity contribution in [2.45, 2.75) is 50.2 Å². The van der Waals surface area contributed by atoms with Crippen LogP contribution in [-0.4, -0.2) is 22.2 Å². The van der Waals surface area contributed by atoms with Gasteiger partial charge < -0.3 is 10.4 Å². The Morgan fingerprint density at radius 2 is 1.83 bits per heavy atom. The quantitative estimate of drug-likeness (QED) is 0.732. The van der Waals surface area contributed by atoms with Crippen LogP contribution < -0.4 is 5.32 Å². The molecule has 0 radical (unpaired) electrons. The van der Waals surface area contributed by atoms with Gasteiger partial charge in [0.05, 0.1) is 5.60 Å². The second-order valence-electron chi connectivity index (χ2n) is 6.66. The first kappa shape index (κ1) is 16.2. The number of rotatable bonds is 8. The Labute approximate surface area is 138 Å². The largest absolute Gasteiger partial charge is 0.390 e. The molecule has 3 nitrogen and oxygen atoms in total. The highest BCUT2D eigenvalue weighted by Gasteiger charge is 2.33. The number of nitrogens with one attached hydrogen (secondary N) is 1. The van der Waals surface area contributed by atoms with Crippen LogP contribution >= 0.6 is 0 Å². The van der Waals surface area contributed by atoms with E-state index in [0.717, 1.165) is 38.6 Å². The van der Waals surface area contributed by atoms with Gasteiger partial charge in [-0.05, 0) is 68.3 Å². The van der Waals surface area contributed by atoms with Gasteiger partial charge in [0.1, 0.15) is 0 Å². The first-order valence-corrected chi connectivity index (χ1v) is 8.65. The summed E-state index contributed by atoms with van der Waals surface area (Å²) in [6.45, 7) is 0.937. The van der Waals surface area contributed by atoms with Gasteiger partial charge in [0, 0.05) is 18.4 Å². The fourth-order valence-electron chi connectivity index (χ4n) is 3.28. The van der Waals surface area contributed by atoms with Crippen molar-refractivity contribution in [2.24, 2.45) is 0 Å². The highest BCUT2D eigenvalue weighted by atomic mass is 16.3. The average Bonchev–Trinajstić information content (AvgIpc) is 2.58. The molecular weight excluding hydrogens is 284 g/mol. The monoisotopic (exact) mass is 310 g/mol. The molecule has 1 aromatic carbocycles. The van der Waals surface area contributed by atoms with Crippen molar-refractivity contribution in [1.29, 1.82) is 0 Å². The molecule has 1 aliphatic carbocycles. The molecule has 1 fully saturated rings. The second kappa shape index (κ2) is 7.71. The summed E-state index contributed by atoms with van der Waals surface area (Å²) in [6, 6.07) is 15.1. The lowest BCUT2D eigenvalue weighted by Crippen LogP contribution is -2.37. The van der Waals surface area contributed by atoms with E-state index >= 15 is 0 Å². The summed E-state index contributed by atoms with van der Waals surface area (Å²) in [7, 11) is 0. The van der Waals surface area contributed by atoms with Crippen LogP contribution in [0.4, 0.5) is 0 Å². The molecule has 1 aliphatic rings. The zero-order valence-electron chi connectivity index (χ0n) is 13.6. The van der Waals surface area contributed by atoms with Gasteiger partial charge in [-0.2, -0.15) is 0 Å². The number of hydrogen-bond donors (Lipinski definition) is 2. The van der Waals surface area contributed by atoms with Gasteiger partial charge in [0.15, 0.2) is 0 Å². The molecule has 0 saturated heterocycles. The predicted molar refractivity (Wildman–Crippen MR) is 93.2 cm³/mol. The van der Waals surface area contributed by atoms with Crippen LogP contribution in [0, 0.1) is 0 Å². The molecule has 1 aromatic heterocycles. The molecule has 1 saturated carbocycles. The number of aliphatic hydroxyl groups is 1. The lowest BCUT2D eigenvalue weighted by Gasteiger charge is -2.36. The van der Waals surface area contributed by atoms with Gasteiger partial charge in [-0.25, -0.2) is 0 Å². The molecule has 23 heavy (non-hydrogen) atoms. The first-order chi connectivity index (χ1) is 11.3. The number of aromatic nitrogens is 1. The first-order valence-electron chi connectivity index (χ1n) is 8.65. The minimum Gasteiger partial charge on any atom is -0.390 e. The predicted octanol–water partition coefficient (Wildman–Crippen LogP) is 3.65. The third kappa shape index (κ3) is 4.63. The Bertz CT molecular complexity index is 581. The zero-order chi connectivity index (χ0) is 16.0. The topological polar surface area (TPSA) is 45.1 Å². The normalized spacial score (nSPS) is 17.4. The zero-order valence-corrected chi connectivity index (χ0v) is 13.6. The van der Waals surface area contributed by atoms with Crippen LogP contribution in [0.15, 0.2) is 54.9 Å². The SMILES string of the molecule is OC1(CCCNC(Cc2ccncc2)c2ccccc2)CCC1.